The van der Waals surface area contributed by atoms with Crippen molar-refractivity contribution in [1.29, 1.82) is 0 Å². The lowest BCUT2D eigenvalue weighted by atomic mass is 10.3. The summed E-state index contributed by atoms with van der Waals surface area (Å²) in [5, 5.41) is 3.18. The first kappa shape index (κ1) is 8.29. The average Bonchev–Trinajstić information content (AvgIpc) is 2.79. The monoisotopic (exact) mass is 178 g/mol. The predicted octanol–water partition coefficient (Wildman–Crippen LogP) is 1.13. The third-order valence-corrected chi connectivity index (χ3v) is 2.48. The maximum Gasteiger partial charge on any atom is 0.224 e. The minimum absolute atomic E-state index is 0.515. The SMILES string of the molecule is CC1CC1CNc1nccc(N)n1. The van der Waals surface area contributed by atoms with E-state index in [2.05, 4.69) is 22.2 Å². The molecular weight excluding hydrogens is 164 g/mol. The zero-order valence-electron chi connectivity index (χ0n) is 7.70. The summed E-state index contributed by atoms with van der Waals surface area (Å²) in [4.78, 5) is 8.12. The Labute approximate surface area is 77.6 Å². The van der Waals surface area contributed by atoms with E-state index in [1.165, 1.54) is 6.42 Å². The van der Waals surface area contributed by atoms with Gasteiger partial charge in [-0.15, -0.1) is 0 Å². The molecule has 1 heterocycles. The van der Waals surface area contributed by atoms with Crippen LogP contribution in [0, 0.1) is 11.8 Å². The molecule has 1 saturated carbocycles. The van der Waals surface area contributed by atoms with Crippen molar-refractivity contribution in [2.24, 2.45) is 11.8 Å². The van der Waals surface area contributed by atoms with Crippen LogP contribution in [0.25, 0.3) is 0 Å². The highest BCUT2D eigenvalue weighted by atomic mass is 15.1. The lowest BCUT2D eigenvalue weighted by molar-refractivity contribution is 0.781. The molecule has 0 amide bonds. The second kappa shape index (κ2) is 3.20. The van der Waals surface area contributed by atoms with E-state index < -0.39 is 0 Å². The van der Waals surface area contributed by atoms with Gasteiger partial charge < -0.3 is 11.1 Å². The van der Waals surface area contributed by atoms with Crippen LogP contribution in [0.15, 0.2) is 12.3 Å². The van der Waals surface area contributed by atoms with E-state index in [0.29, 0.717) is 11.8 Å². The largest absolute Gasteiger partial charge is 0.384 e. The molecule has 4 nitrogen and oxygen atoms in total. The van der Waals surface area contributed by atoms with Crippen LogP contribution in [-0.4, -0.2) is 16.5 Å². The zero-order valence-corrected chi connectivity index (χ0v) is 7.70. The summed E-state index contributed by atoms with van der Waals surface area (Å²) in [6, 6.07) is 1.69. The summed E-state index contributed by atoms with van der Waals surface area (Å²) in [6.45, 7) is 3.22. The molecule has 1 aromatic heterocycles. The van der Waals surface area contributed by atoms with Crippen molar-refractivity contribution in [3.63, 3.8) is 0 Å². The van der Waals surface area contributed by atoms with Gasteiger partial charge in [0.1, 0.15) is 5.82 Å². The number of nitrogens with zero attached hydrogens (tertiary/aromatic N) is 2. The van der Waals surface area contributed by atoms with Gasteiger partial charge in [-0.25, -0.2) is 4.98 Å². The van der Waals surface area contributed by atoms with Gasteiger partial charge in [-0.1, -0.05) is 6.92 Å². The van der Waals surface area contributed by atoms with Crippen LogP contribution in [0.1, 0.15) is 13.3 Å². The maximum absolute atomic E-state index is 5.52. The van der Waals surface area contributed by atoms with Gasteiger partial charge in [0.15, 0.2) is 0 Å². The first-order valence-corrected chi connectivity index (χ1v) is 4.58. The number of aromatic nitrogens is 2. The number of rotatable bonds is 3. The lowest BCUT2D eigenvalue weighted by Gasteiger charge is -2.02. The molecule has 1 fully saturated rings. The van der Waals surface area contributed by atoms with Crippen molar-refractivity contribution in [1.82, 2.24) is 9.97 Å². The Morgan fingerprint density at radius 3 is 3.08 bits per heavy atom. The number of anilines is 2. The molecule has 0 radical (unpaired) electrons. The summed E-state index contributed by atoms with van der Waals surface area (Å²) in [7, 11) is 0. The predicted molar refractivity (Wildman–Crippen MR) is 52.2 cm³/mol. The average molecular weight is 178 g/mol. The zero-order chi connectivity index (χ0) is 9.26. The fourth-order valence-corrected chi connectivity index (χ4v) is 1.36. The fourth-order valence-electron chi connectivity index (χ4n) is 1.36. The number of nitrogens with two attached hydrogens (primary N) is 1. The van der Waals surface area contributed by atoms with E-state index in [0.717, 1.165) is 18.4 Å². The Morgan fingerprint density at radius 2 is 2.46 bits per heavy atom. The minimum Gasteiger partial charge on any atom is -0.384 e. The van der Waals surface area contributed by atoms with Gasteiger partial charge in [0.25, 0.3) is 0 Å². The van der Waals surface area contributed by atoms with Crippen LogP contribution < -0.4 is 11.1 Å². The van der Waals surface area contributed by atoms with Gasteiger partial charge >= 0.3 is 0 Å². The van der Waals surface area contributed by atoms with Gasteiger partial charge in [0, 0.05) is 12.7 Å². The number of nitrogen functional groups attached to an aromatic ring is 1. The summed E-state index contributed by atoms with van der Waals surface area (Å²) < 4.78 is 0. The second-order valence-corrected chi connectivity index (χ2v) is 3.66. The van der Waals surface area contributed by atoms with Crippen molar-refractivity contribution in [2.45, 2.75) is 13.3 Å². The van der Waals surface area contributed by atoms with Crippen LogP contribution in [-0.2, 0) is 0 Å². The number of hydrogen-bond acceptors (Lipinski definition) is 4. The first-order valence-electron chi connectivity index (χ1n) is 4.58. The highest BCUT2D eigenvalue weighted by Gasteiger charge is 2.31. The number of hydrogen-bond donors (Lipinski definition) is 2. The highest BCUT2D eigenvalue weighted by molar-refractivity contribution is 5.35. The van der Waals surface area contributed by atoms with E-state index in [1.807, 2.05) is 0 Å². The molecule has 4 heteroatoms. The Kier molecular flexibility index (Phi) is 2.04. The molecule has 0 aromatic carbocycles. The van der Waals surface area contributed by atoms with E-state index in [-0.39, 0.29) is 0 Å². The third-order valence-electron chi connectivity index (χ3n) is 2.48. The molecule has 2 unspecified atom stereocenters. The quantitative estimate of drug-likeness (QED) is 0.728. The molecule has 70 valence electrons. The fraction of sp³-hybridized carbons (Fsp3) is 0.556. The Bertz CT molecular complexity index is 299. The maximum atomic E-state index is 5.52. The van der Waals surface area contributed by atoms with Crippen molar-refractivity contribution in [3.05, 3.63) is 12.3 Å². The van der Waals surface area contributed by atoms with Crippen LogP contribution >= 0.6 is 0 Å². The lowest BCUT2D eigenvalue weighted by Crippen LogP contribution is -2.08. The van der Waals surface area contributed by atoms with Gasteiger partial charge in [-0.05, 0) is 24.3 Å². The van der Waals surface area contributed by atoms with E-state index in [4.69, 9.17) is 5.73 Å². The molecule has 2 atom stereocenters. The minimum atomic E-state index is 0.515. The van der Waals surface area contributed by atoms with Crippen LogP contribution in [0.3, 0.4) is 0 Å². The van der Waals surface area contributed by atoms with Gasteiger partial charge in [-0.2, -0.15) is 4.98 Å². The van der Waals surface area contributed by atoms with Crippen molar-refractivity contribution in [2.75, 3.05) is 17.6 Å². The molecule has 0 bridgehead atoms. The standard InChI is InChI=1S/C9H14N4/c1-6-4-7(6)5-12-9-11-3-2-8(10)13-9/h2-3,6-7H,4-5H2,1H3,(H3,10,11,12,13). The smallest absolute Gasteiger partial charge is 0.224 e. The van der Waals surface area contributed by atoms with E-state index >= 15 is 0 Å². The van der Waals surface area contributed by atoms with E-state index in [1.54, 1.807) is 12.3 Å². The molecule has 13 heavy (non-hydrogen) atoms. The number of nitrogens with one attached hydrogen (secondary N) is 1. The normalized spacial score (nSPS) is 25.6. The Balaban J connectivity index is 1.87. The topological polar surface area (TPSA) is 63.8 Å². The van der Waals surface area contributed by atoms with Crippen molar-refractivity contribution in [3.8, 4) is 0 Å². The Hall–Kier alpha value is -1.32. The van der Waals surface area contributed by atoms with Gasteiger partial charge in [0.2, 0.25) is 5.95 Å². The Morgan fingerprint density at radius 1 is 1.69 bits per heavy atom. The highest BCUT2D eigenvalue weighted by Crippen LogP contribution is 2.37. The first-order chi connectivity index (χ1) is 6.25. The van der Waals surface area contributed by atoms with Gasteiger partial charge in [-0.3, -0.25) is 0 Å². The van der Waals surface area contributed by atoms with Gasteiger partial charge in [0.05, 0.1) is 0 Å². The van der Waals surface area contributed by atoms with E-state index in [9.17, 15) is 0 Å². The molecule has 1 aliphatic carbocycles. The van der Waals surface area contributed by atoms with Crippen molar-refractivity contribution >= 4 is 11.8 Å². The molecule has 1 aliphatic rings. The second-order valence-electron chi connectivity index (χ2n) is 3.66. The molecule has 0 saturated heterocycles. The molecule has 0 spiro atoms. The molecule has 3 N–H and O–H groups in total. The third kappa shape index (κ3) is 2.08. The summed E-state index contributed by atoms with van der Waals surface area (Å²) in [5.41, 5.74) is 5.52. The van der Waals surface area contributed by atoms with Crippen LogP contribution in [0.4, 0.5) is 11.8 Å². The van der Waals surface area contributed by atoms with Crippen LogP contribution in [0.5, 0.6) is 0 Å². The summed E-state index contributed by atoms with van der Waals surface area (Å²) in [6.07, 6.45) is 2.98. The molecule has 0 aliphatic heterocycles. The summed E-state index contributed by atoms with van der Waals surface area (Å²) in [5.74, 6) is 2.80. The summed E-state index contributed by atoms with van der Waals surface area (Å²) >= 11 is 0. The molecular formula is C9H14N4. The molecule has 2 rings (SSSR count). The molecule has 1 aromatic rings. The van der Waals surface area contributed by atoms with Crippen LogP contribution in [0.2, 0.25) is 0 Å². The van der Waals surface area contributed by atoms with Crippen molar-refractivity contribution < 1.29 is 0 Å².